The van der Waals surface area contributed by atoms with Crippen LogP contribution >= 0.6 is 0 Å². The summed E-state index contributed by atoms with van der Waals surface area (Å²) in [6.07, 6.45) is 6.16. The molecule has 1 aliphatic heterocycles. The number of nitrogens with zero attached hydrogens (tertiary/aromatic N) is 2. The highest BCUT2D eigenvalue weighted by Gasteiger charge is 2.21. The second kappa shape index (κ2) is 6.01. The molecule has 1 fully saturated rings. The summed E-state index contributed by atoms with van der Waals surface area (Å²) in [6, 6.07) is 2.53. The van der Waals surface area contributed by atoms with Crippen LogP contribution in [0.15, 0.2) is 18.5 Å². The molecule has 4 heteroatoms. The first kappa shape index (κ1) is 11.6. The van der Waals surface area contributed by atoms with Crippen LogP contribution in [0.25, 0.3) is 0 Å². The predicted molar refractivity (Wildman–Crippen MR) is 63.2 cm³/mol. The second-order valence-electron chi connectivity index (χ2n) is 4.49. The maximum Gasteiger partial charge on any atom is 0.0509 e. The van der Waals surface area contributed by atoms with Gasteiger partial charge in [-0.2, -0.15) is 5.10 Å². The molecule has 4 nitrogen and oxygen atoms in total. The Bertz CT molecular complexity index is 280. The summed E-state index contributed by atoms with van der Waals surface area (Å²) in [5, 5.41) is 7.75. The van der Waals surface area contributed by atoms with Crippen LogP contribution in [0.1, 0.15) is 19.8 Å². The molecule has 1 saturated heterocycles. The Morgan fingerprint density at radius 2 is 2.56 bits per heavy atom. The maximum atomic E-state index is 5.39. The minimum Gasteiger partial charge on any atom is -0.381 e. The van der Waals surface area contributed by atoms with Crippen molar-refractivity contribution in [2.75, 3.05) is 19.8 Å². The Kier molecular flexibility index (Phi) is 4.36. The zero-order valence-corrected chi connectivity index (χ0v) is 9.93. The molecule has 0 aromatic carbocycles. The zero-order chi connectivity index (χ0) is 11.2. The lowest BCUT2D eigenvalue weighted by Gasteiger charge is -2.19. The fourth-order valence-electron chi connectivity index (χ4n) is 2.12. The lowest BCUT2D eigenvalue weighted by atomic mass is 10.0. The smallest absolute Gasteiger partial charge is 0.0509 e. The normalized spacial score (nSPS) is 22.4. The molecule has 0 aliphatic carbocycles. The molecule has 2 atom stereocenters. The first-order chi connectivity index (χ1) is 7.86. The van der Waals surface area contributed by atoms with E-state index in [-0.39, 0.29) is 0 Å². The molecule has 0 bridgehead atoms. The summed E-state index contributed by atoms with van der Waals surface area (Å²) in [7, 11) is 0. The van der Waals surface area contributed by atoms with Gasteiger partial charge in [-0.15, -0.1) is 0 Å². The molecule has 1 N–H and O–H groups in total. The molecule has 0 spiro atoms. The number of rotatable bonds is 6. The third-order valence-electron chi connectivity index (χ3n) is 3.26. The molecule has 2 rings (SSSR count). The standard InChI is InChI=1S/C12H21N3O/c1-11(12-4-9-16-10-12)13-5-2-7-15-8-3-6-14-15/h3,6,8,11-13H,2,4-5,7,9-10H2,1H3. The van der Waals surface area contributed by atoms with E-state index in [9.17, 15) is 0 Å². The highest BCUT2D eigenvalue weighted by Crippen LogP contribution is 2.16. The molecule has 2 unspecified atom stereocenters. The minimum absolute atomic E-state index is 0.570. The lowest BCUT2D eigenvalue weighted by molar-refractivity contribution is 0.178. The van der Waals surface area contributed by atoms with Crippen LogP contribution in [0.2, 0.25) is 0 Å². The third kappa shape index (κ3) is 3.32. The van der Waals surface area contributed by atoms with Crippen LogP contribution in [-0.4, -0.2) is 35.6 Å². The molecule has 0 saturated carbocycles. The van der Waals surface area contributed by atoms with Gasteiger partial charge in [0.2, 0.25) is 0 Å². The van der Waals surface area contributed by atoms with Gasteiger partial charge in [-0.25, -0.2) is 0 Å². The molecule has 1 aliphatic rings. The van der Waals surface area contributed by atoms with Crippen molar-refractivity contribution in [2.45, 2.75) is 32.4 Å². The largest absolute Gasteiger partial charge is 0.381 e. The number of hydrogen-bond donors (Lipinski definition) is 1. The van der Waals surface area contributed by atoms with Crippen molar-refractivity contribution in [1.29, 1.82) is 0 Å². The second-order valence-corrected chi connectivity index (χ2v) is 4.49. The van der Waals surface area contributed by atoms with Gasteiger partial charge in [-0.05, 0) is 38.3 Å². The number of aromatic nitrogens is 2. The first-order valence-corrected chi connectivity index (χ1v) is 6.15. The quantitative estimate of drug-likeness (QED) is 0.739. The number of nitrogens with one attached hydrogen (secondary N) is 1. The fourth-order valence-corrected chi connectivity index (χ4v) is 2.12. The van der Waals surface area contributed by atoms with Crippen molar-refractivity contribution in [3.8, 4) is 0 Å². The molecule has 0 radical (unpaired) electrons. The predicted octanol–water partition coefficient (Wildman–Crippen LogP) is 1.29. The van der Waals surface area contributed by atoms with Crippen LogP contribution in [0.4, 0.5) is 0 Å². The van der Waals surface area contributed by atoms with Crippen molar-refractivity contribution in [2.24, 2.45) is 5.92 Å². The summed E-state index contributed by atoms with van der Waals surface area (Å²) < 4.78 is 7.37. The van der Waals surface area contributed by atoms with E-state index in [0.717, 1.165) is 32.7 Å². The van der Waals surface area contributed by atoms with Crippen molar-refractivity contribution >= 4 is 0 Å². The average molecular weight is 223 g/mol. The average Bonchev–Trinajstić information content (AvgIpc) is 2.96. The number of ether oxygens (including phenoxy) is 1. The molecular weight excluding hydrogens is 202 g/mol. The van der Waals surface area contributed by atoms with Crippen molar-refractivity contribution in [1.82, 2.24) is 15.1 Å². The van der Waals surface area contributed by atoms with Gasteiger partial charge in [0.15, 0.2) is 0 Å². The van der Waals surface area contributed by atoms with E-state index in [4.69, 9.17) is 4.74 Å². The van der Waals surface area contributed by atoms with Gasteiger partial charge in [0, 0.05) is 31.6 Å². The van der Waals surface area contributed by atoms with Gasteiger partial charge in [0.1, 0.15) is 0 Å². The Morgan fingerprint density at radius 1 is 1.62 bits per heavy atom. The first-order valence-electron chi connectivity index (χ1n) is 6.15. The van der Waals surface area contributed by atoms with Gasteiger partial charge in [0.25, 0.3) is 0 Å². The number of hydrogen-bond acceptors (Lipinski definition) is 3. The van der Waals surface area contributed by atoms with E-state index < -0.39 is 0 Å². The summed E-state index contributed by atoms with van der Waals surface area (Å²) in [4.78, 5) is 0. The molecule has 1 aromatic heterocycles. The van der Waals surface area contributed by atoms with Gasteiger partial charge in [-0.3, -0.25) is 4.68 Å². The third-order valence-corrected chi connectivity index (χ3v) is 3.26. The highest BCUT2D eigenvalue weighted by molar-refractivity contribution is 4.78. The van der Waals surface area contributed by atoms with Crippen LogP contribution in [0, 0.1) is 5.92 Å². The molecule has 16 heavy (non-hydrogen) atoms. The Labute approximate surface area is 97.0 Å². The highest BCUT2D eigenvalue weighted by atomic mass is 16.5. The molecule has 90 valence electrons. The van der Waals surface area contributed by atoms with E-state index in [2.05, 4.69) is 17.3 Å². The Hall–Kier alpha value is -0.870. The number of aryl methyl sites for hydroxylation is 1. The topological polar surface area (TPSA) is 39.1 Å². The van der Waals surface area contributed by atoms with Crippen molar-refractivity contribution in [3.05, 3.63) is 18.5 Å². The summed E-state index contributed by atoms with van der Waals surface area (Å²) in [5.41, 5.74) is 0. The monoisotopic (exact) mass is 223 g/mol. The molecule has 1 aromatic rings. The van der Waals surface area contributed by atoms with E-state index in [1.54, 1.807) is 0 Å². The van der Waals surface area contributed by atoms with Gasteiger partial charge < -0.3 is 10.1 Å². The van der Waals surface area contributed by atoms with Crippen LogP contribution < -0.4 is 5.32 Å². The molecular formula is C12H21N3O. The molecule has 2 heterocycles. The molecule has 0 amide bonds. The summed E-state index contributed by atoms with van der Waals surface area (Å²) in [5.74, 6) is 0.699. The van der Waals surface area contributed by atoms with E-state index in [0.29, 0.717) is 12.0 Å². The fraction of sp³-hybridized carbons (Fsp3) is 0.750. The maximum absolute atomic E-state index is 5.39. The van der Waals surface area contributed by atoms with Crippen LogP contribution in [-0.2, 0) is 11.3 Å². The SMILES string of the molecule is CC(NCCCn1cccn1)C1CCOC1. The Morgan fingerprint density at radius 3 is 3.25 bits per heavy atom. The lowest BCUT2D eigenvalue weighted by Crippen LogP contribution is -2.34. The minimum atomic E-state index is 0.570. The van der Waals surface area contributed by atoms with Gasteiger partial charge in [0.05, 0.1) is 6.61 Å². The van der Waals surface area contributed by atoms with Gasteiger partial charge in [-0.1, -0.05) is 0 Å². The van der Waals surface area contributed by atoms with Crippen LogP contribution in [0.5, 0.6) is 0 Å². The summed E-state index contributed by atoms with van der Waals surface area (Å²) in [6.45, 7) is 6.16. The van der Waals surface area contributed by atoms with Crippen molar-refractivity contribution in [3.63, 3.8) is 0 Å². The van der Waals surface area contributed by atoms with E-state index in [1.165, 1.54) is 6.42 Å². The Balaban J connectivity index is 1.57. The zero-order valence-electron chi connectivity index (χ0n) is 9.93. The van der Waals surface area contributed by atoms with E-state index >= 15 is 0 Å². The summed E-state index contributed by atoms with van der Waals surface area (Å²) >= 11 is 0. The van der Waals surface area contributed by atoms with Crippen molar-refractivity contribution < 1.29 is 4.74 Å². The van der Waals surface area contributed by atoms with E-state index in [1.807, 2.05) is 23.1 Å². The van der Waals surface area contributed by atoms with Gasteiger partial charge >= 0.3 is 0 Å². The van der Waals surface area contributed by atoms with Crippen LogP contribution in [0.3, 0.4) is 0 Å².